The maximum absolute atomic E-state index is 12.2. The van der Waals surface area contributed by atoms with Crippen molar-refractivity contribution in [3.05, 3.63) is 53.1 Å². The van der Waals surface area contributed by atoms with E-state index in [1.54, 1.807) is 25.5 Å². The summed E-state index contributed by atoms with van der Waals surface area (Å²) in [7, 11) is 1.64. The minimum Gasteiger partial charge on any atom is -0.508 e. The molecule has 0 aromatic heterocycles. The van der Waals surface area contributed by atoms with Crippen molar-refractivity contribution in [2.24, 2.45) is 5.10 Å². The highest BCUT2D eigenvalue weighted by atomic mass is 16.5. The van der Waals surface area contributed by atoms with Gasteiger partial charge in [0.25, 0.3) is 5.91 Å². The highest BCUT2D eigenvalue weighted by Crippen LogP contribution is 2.45. The van der Waals surface area contributed by atoms with Gasteiger partial charge in [-0.25, -0.2) is 5.43 Å². The van der Waals surface area contributed by atoms with Crippen LogP contribution in [0, 0.1) is 0 Å². The number of anilines is 1. The second-order valence-electron chi connectivity index (χ2n) is 8.47. The summed E-state index contributed by atoms with van der Waals surface area (Å²) in [6.07, 6.45) is 3.75. The molecular weight excluding hydrogens is 378 g/mol. The number of nitrogens with one attached hydrogen (secondary N) is 1. The summed E-state index contributed by atoms with van der Waals surface area (Å²) in [6, 6.07) is 10.3. The third-order valence-electron chi connectivity index (χ3n) is 5.66. The molecule has 0 radical (unpaired) electrons. The third-order valence-corrected chi connectivity index (χ3v) is 5.66. The Bertz CT molecular complexity index is 953. The summed E-state index contributed by atoms with van der Waals surface area (Å²) in [6.45, 7) is 10.0. The number of ether oxygens (including phenoxy) is 1. The molecule has 2 N–H and O–H groups in total. The van der Waals surface area contributed by atoms with Gasteiger partial charge in [-0.15, -0.1) is 0 Å². The number of rotatable bonds is 6. The molecule has 1 unspecified atom stereocenters. The molecule has 6 heteroatoms. The van der Waals surface area contributed by atoms with Gasteiger partial charge >= 0.3 is 0 Å². The van der Waals surface area contributed by atoms with Crippen LogP contribution in [0.15, 0.2) is 41.5 Å². The highest BCUT2D eigenvalue weighted by Gasteiger charge is 2.36. The van der Waals surface area contributed by atoms with E-state index in [0.717, 1.165) is 30.7 Å². The number of benzene rings is 2. The summed E-state index contributed by atoms with van der Waals surface area (Å²) >= 11 is 0. The van der Waals surface area contributed by atoms with Crippen molar-refractivity contribution in [3.63, 3.8) is 0 Å². The Balaban J connectivity index is 1.88. The third kappa shape index (κ3) is 4.42. The first-order chi connectivity index (χ1) is 14.3. The van der Waals surface area contributed by atoms with Crippen LogP contribution in [0.1, 0.15) is 67.9 Å². The van der Waals surface area contributed by atoms with Gasteiger partial charge in [-0.1, -0.05) is 19.9 Å². The molecule has 1 aliphatic heterocycles. The Hall–Kier alpha value is -3.02. The van der Waals surface area contributed by atoms with Gasteiger partial charge in [0.15, 0.2) is 0 Å². The standard InChI is InChI=1S/C24H31N3O3/c1-6-10-27-21-13-22(30-5)18(12-20(21)16(2)14-24(27,3)4)15-25-26-23(29)17-8-7-9-19(28)11-17/h7-9,11-13,15-16,28H,6,10,14H2,1-5H3,(H,26,29)/b25-15+. The number of carbonyl (C=O) groups excluding carboxylic acids is 1. The first kappa shape index (κ1) is 21.7. The molecule has 2 aromatic carbocycles. The SMILES string of the molecule is CCCN1c2cc(OC)c(/C=N/NC(=O)c3cccc(O)c3)cc2C(C)CC1(C)C. The predicted octanol–water partition coefficient (Wildman–Crippen LogP) is 4.67. The Morgan fingerprint density at radius 2 is 2.13 bits per heavy atom. The predicted molar refractivity (Wildman–Crippen MR) is 121 cm³/mol. The van der Waals surface area contributed by atoms with Crippen LogP contribution in [-0.2, 0) is 0 Å². The van der Waals surface area contributed by atoms with E-state index >= 15 is 0 Å². The van der Waals surface area contributed by atoms with Gasteiger partial charge in [0.05, 0.1) is 13.3 Å². The summed E-state index contributed by atoms with van der Waals surface area (Å²) in [5.41, 5.74) is 6.23. The molecule has 0 saturated carbocycles. The molecule has 6 nitrogen and oxygen atoms in total. The molecule has 0 fully saturated rings. The van der Waals surface area contributed by atoms with E-state index in [1.807, 2.05) is 0 Å². The number of carbonyl (C=O) groups is 1. The number of amides is 1. The van der Waals surface area contributed by atoms with Crippen molar-refractivity contribution in [2.75, 3.05) is 18.6 Å². The lowest BCUT2D eigenvalue weighted by Crippen LogP contribution is -2.48. The van der Waals surface area contributed by atoms with Gasteiger partial charge in [0.1, 0.15) is 11.5 Å². The van der Waals surface area contributed by atoms with Gasteiger partial charge in [0.2, 0.25) is 0 Å². The number of phenolic OH excluding ortho intramolecular Hbond substituents is 1. The lowest BCUT2D eigenvalue weighted by molar-refractivity contribution is 0.0954. The van der Waals surface area contributed by atoms with Crippen LogP contribution in [0.3, 0.4) is 0 Å². The van der Waals surface area contributed by atoms with E-state index in [4.69, 9.17) is 4.74 Å². The molecule has 0 saturated heterocycles. The van der Waals surface area contributed by atoms with Crippen molar-refractivity contribution in [1.29, 1.82) is 0 Å². The molecule has 1 heterocycles. The number of fused-ring (bicyclic) bond motifs is 1. The molecule has 0 spiro atoms. The number of phenols is 1. The molecule has 1 aliphatic rings. The van der Waals surface area contributed by atoms with Crippen molar-refractivity contribution in [1.82, 2.24) is 5.43 Å². The van der Waals surface area contributed by atoms with Gasteiger partial charge in [0, 0.05) is 35.0 Å². The largest absolute Gasteiger partial charge is 0.508 e. The monoisotopic (exact) mass is 409 g/mol. The van der Waals surface area contributed by atoms with Crippen LogP contribution in [0.2, 0.25) is 0 Å². The average Bonchev–Trinajstić information content (AvgIpc) is 2.70. The minimum absolute atomic E-state index is 0.0385. The molecule has 3 rings (SSSR count). The maximum atomic E-state index is 12.2. The highest BCUT2D eigenvalue weighted by molar-refractivity contribution is 5.95. The molecule has 0 aliphatic carbocycles. The van der Waals surface area contributed by atoms with E-state index in [1.165, 1.54) is 23.4 Å². The second-order valence-corrected chi connectivity index (χ2v) is 8.47. The Morgan fingerprint density at radius 1 is 1.37 bits per heavy atom. The lowest BCUT2D eigenvalue weighted by atomic mass is 9.79. The number of nitrogens with zero attached hydrogens (tertiary/aromatic N) is 2. The van der Waals surface area contributed by atoms with Crippen LogP contribution in [0.5, 0.6) is 11.5 Å². The van der Waals surface area contributed by atoms with Crippen LogP contribution >= 0.6 is 0 Å². The van der Waals surface area contributed by atoms with Gasteiger partial charge in [-0.05, 0) is 62.4 Å². The summed E-state index contributed by atoms with van der Waals surface area (Å²) in [4.78, 5) is 14.7. The summed E-state index contributed by atoms with van der Waals surface area (Å²) in [5, 5.41) is 13.6. The number of hydrogen-bond donors (Lipinski definition) is 2. The van der Waals surface area contributed by atoms with Crippen LogP contribution in [0.4, 0.5) is 5.69 Å². The quantitative estimate of drug-likeness (QED) is 0.537. The second kappa shape index (κ2) is 8.78. The number of aromatic hydroxyl groups is 1. The van der Waals surface area contributed by atoms with Gasteiger partial charge in [-0.2, -0.15) is 5.10 Å². The Morgan fingerprint density at radius 3 is 2.80 bits per heavy atom. The van der Waals surface area contributed by atoms with Crippen molar-refractivity contribution in [3.8, 4) is 11.5 Å². The first-order valence-electron chi connectivity index (χ1n) is 10.4. The average molecular weight is 410 g/mol. The first-order valence-corrected chi connectivity index (χ1v) is 10.4. The lowest BCUT2D eigenvalue weighted by Gasteiger charge is -2.47. The topological polar surface area (TPSA) is 74.2 Å². The normalized spacial score (nSPS) is 17.6. The van der Waals surface area contributed by atoms with E-state index in [9.17, 15) is 9.90 Å². The van der Waals surface area contributed by atoms with E-state index < -0.39 is 0 Å². The molecular formula is C24H31N3O3. The van der Waals surface area contributed by atoms with Crippen molar-refractivity contribution in [2.45, 2.75) is 52.0 Å². The fourth-order valence-corrected chi connectivity index (χ4v) is 4.32. The molecule has 0 bridgehead atoms. The smallest absolute Gasteiger partial charge is 0.271 e. The van der Waals surface area contributed by atoms with E-state index in [2.05, 4.69) is 55.3 Å². The maximum Gasteiger partial charge on any atom is 0.271 e. The van der Waals surface area contributed by atoms with Gasteiger partial charge < -0.3 is 14.7 Å². The van der Waals surface area contributed by atoms with Crippen LogP contribution in [0.25, 0.3) is 0 Å². The van der Waals surface area contributed by atoms with E-state index in [0.29, 0.717) is 11.5 Å². The molecule has 160 valence electrons. The zero-order valence-electron chi connectivity index (χ0n) is 18.4. The zero-order valence-corrected chi connectivity index (χ0v) is 18.4. The van der Waals surface area contributed by atoms with Crippen molar-refractivity contribution < 1.29 is 14.6 Å². The summed E-state index contributed by atoms with van der Waals surface area (Å²) < 4.78 is 5.64. The fraction of sp³-hybridized carbons (Fsp3) is 0.417. The van der Waals surface area contributed by atoms with Gasteiger partial charge in [-0.3, -0.25) is 4.79 Å². The Labute approximate surface area is 178 Å². The van der Waals surface area contributed by atoms with E-state index in [-0.39, 0.29) is 17.2 Å². The number of hydrogen-bond acceptors (Lipinski definition) is 5. The summed E-state index contributed by atoms with van der Waals surface area (Å²) in [5.74, 6) is 0.776. The minimum atomic E-state index is -0.386. The molecule has 1 atom stereocenters. The van der Waals surface area contributed by atoms with Crippen LogP contribution < -0.4 is 15.1 Å². The Kier molecular flexibility index (Phi) is 6.34. The van der Waals surface area contributed by atoms with Crippen LogP contribution in [-0.4, -0.2) is 36.4 Å². The molecule has 30 heavy (non-hydrogen) atoms. The van der Waals surface area contributed by atoms with Crippen molar-refractivity contribution >= 4 is 17.8 Å². The molecule has 1 amide bonds. The number of methoxy groups -OCH3 is 1. The molecule has 2 aromatic rings. The zero-order chi connectivity index (χ0) is 21.9. The fourth-order valence-electron chi connectivity index (χ4n) is 4.32. The number of hydrazone groups is 1.